The minimum absolute atomic E-state index is 0.00131. The van der Waals surface area contributed by atoms with Gasteiger partial charge in [0.15, 0.2) is 6.61 Å². The van der Waals surface area contributed by atoms with Gasteiger partial charge in [-0.2, -0.15) is 5.26 Å². The van der Waals surface area contributed by atoms with Crippen LogP contribution in [0.1, 0.15) is 24.1 Å². The summed E-state index contributed by atoms with van der Waals surface area (Å²) < 4.78 is 5.16. The number of ether oxygens (including phenoxy) is 1. The maximum atomic E-state index is 12.3. The van der Waals surface area contributed by atoms with Gasteiger partial charge in [0.25, 0.3) is 11.8 Å². The number of primary amides is 1. The fraction of sp³-hybridized carbons (Fsp3) is 0.150. The van der Waals surface area contributed by atoms with Gasteiger partial charge in [0.2, 0.25) is 0 Å². The van der Waals surface area contributed by atoms with Gasteiger partial charge < -0.3 is 15.8 Å². The molecule has 1 unspecified atom stereocenters. The Hall–Kier alpha value is -3.59. The number of nitriles is 1. The van der Waals surface area contributed by atoms with Crippen LogP contribution in [0.2, 0.25) is 0 Å². The van der Waals surface area contributed by atoms with Crippen LogP contribution in [0.15, 0.2) is 60.2 Å². The molecule has 0 aliphatic rings. The molecule has 0 radical (unpaired) electrons. The number of carbonyl (C=O) groups excluding carboxylic acids is 2. The van der Waals surface area contributed by atoms with Gasteiger partial charge in [-0.1, -0.05) is 42.5 Å². The summed E-state index contributed by atoms with van der Waals surface area (Å²) in [5, 5.41) is 12.1. The number of nitrogens with zero attached hydrogens (tertiary/aromatic N) is 1. The summed E-state index contributed by atoms with van der Waals surface area (Å²) >= 11 is 0. The van der Waals surface area contributed by atoms with Crippen LogP contribution in [-0.2, 0) is 9.59 Å². The van der Waals surface area contributed by atoms with E-state index in [1.165, 1.54) is 6.08 Å². The fourth-order valence-electron chi connectivity index (χ4n) is 2.23. The van der Waals surface area contributed by atoms with Crippen molar-refractivity contribution < 1.29 is 14.3 Å². The topological polar surface area (TPSA) is 105 Å². The lowest BCUT2D eigenvalue weighted by Gasteiger charge is -2.13. The van der Waals surface area contributed by atoms with Crippen LogP contribution in [0.3, 0.4) is 0 Å². The first-order valence-corrected chi connectivity index (χ1v) is 7.98. The van der Waals surface area contributed by atoms with Gasteiger partial charge in [-0.25, -0.2) is 0 Å². The highest BCUT2D eigenvalue weighted by Crippen LogP contribution is 2.16. The third-order valence-corrected chi connectivity index (χ3v) is 3.58. The van der Waals surface area contributed by atoms with E-state index in [-0.39, 0.29) is 18.2 Å². The Morgan fingerprint density at radius 1 is 1.19 bits per heavy atom. The second kappa shape index (κ2) is 9.04. The molecule has 6 nitrogen and oxygen atoms in total. The summed E-state index contributed by atoms with van der Waals surface area (Å²) in [6, 6.07) is 17.8. The largest absolute Gasteiger partial charge is 0.484 e. The minimum Gasteiger partial charge on any atom is -0.484 e. The molecule has 26 heavy (non-hydrogen) atoms. The van der Waals surface area contributed by atoms with Gasteiger partial charge in [-0.3, -0.25) is 9.59 Å². The molecular formula is C20H19N3O3. The second-order valence-corrected chi connectivity index (χ2v) is 5.60. The van der Waals surface area contributed by atoms with E-state index in [0.29, 0.717) is 11.3 Å². The van der Waals surface area contributed by atoms with Gasteiger partial charge in [0.05, 0.1) is 6.04 Å². The lowest BCUT2D eigenvalue weighted by Crippen LogP contribution is -2.27. The molecule has 2 amide bonds. The Morgan fingerprint density at radius 3 is 2.42 bits per heavy atom. The molecule has 0 aliphatic heterocycles. The van der Waals surface area contributed by atoms with Crippen molar-refractivity contribution in [3.8, 4) is 11.8 Å². The van der Waals surface area contributed by atoms with E-state index in [0.717, 1.165) is 5.56 Å². The predicted octanol–water partition coefficient (Wildman–Crippen LogP) is 2.34. The van der Waals surface area contributed by atoms with Gasteiger partial charge in [0, 0.05) is 0 Å². The van der Waals surface area contributed by atoms with Crippen LogP contribution >= 0.6 is 0 Å². The summed E-state index contributed by atoms with van der Waals surface area (Å²) in [5.41, 5.74) is 6.63. The number of nitrogens with two attached hydrogens (primary N) is 1. The van der Waals surface area contributed by atoms with E-state index in [9.17, 15) is 14.9 Å². The molecule has 0 saturated carbocycles. The van der Waals surface area contributed by atoms with Crippen molar-refractivity contribution in [1.29, 1.82) is 5.26 Å². The van der Waals surface area contributed by atoms with E-state index in [2.05, 4.69) is 5.32 Å². The van der Waals surface area contributed by atoms with Gasteiger partial charge in [0.1, 0.15) is 17.4 Å². The maximum Gasteiger partial charge on any atom is 0.262 e. The van der Waals surface area contributed by atoms with Crippen molar-refractivity contribution in [3.05, 3.63) is 71.3 Å². The van der Waals surface area contributed by atoms with Crippen molar-refractivity contribution in [2.24, 2.45) is 5.73 Å². The normalized spacial score (nSPS) is 11.9. The molecule has 0 spiro atoms. The van der Waals surface area contributed by atoms with Crippen molar-refractivity contribution in [2.45, 2.75) is 13.0 Å². The molecule has 2 aromatic carbocycles. The highest BCUT2D eigenvalue weighted by Gasteiger charge is 2.13. The van der Waals surface area contributed by atoms with Crippen molar-refractivity contribution in [2.75, 3.05) is 6.61 Å². The molecule has 6 heteroatoms. The standard InChI is InChI=1S/C20H19N3O3/c1-14(16-5-3-2-4-6-16)23-20(25)17(12-21)11-15-7-9-18(10-8-15)26-13-19(22)24/h2-11,14H,13H2,1H3,(H2,22,24)(H,23,25)/b17-11-. The van der Waals surface area contributed by atoms with Crippen LogP contribution in [-0.4, -0.2) is 18.4 Å². The van der Waals surface area contributed by atoms with Gasteiger partial charge >= 0.3 is 0 Å². The van der Waals surface area contributed by atoms with E-state index in [4.69, 9.17) is 10.5 Å². The zero-order chi connectivity index (χ0) is 18.9. The number of amides is 2. The van der Waals surface area contributed by atoms with Crippen LogP contribution in [0.5, 0.6) is 5.75 Å². The van der Waals surface area contributed by atoms with E-state index in [1.54, 1.807) is 24.3 Å². The molecule has 0 aromatic heterocycles. The smallest absolute Gasteiger partial charge is 0.262 e. The van der Waals surface area contributed by atoms with Crippen molar-refractivity contribution >= 4 is 17.9 Å². The van der Waals surface area contributed by atoms with Crippen LogP contribution in [0.25, 0.3) is 6.08 Å². The number of nitrogens with one attached hydrogen (secondary N) is 1. The Kier molecular flexibility index (Phi) is 6.52. The zero-order valence-electron chi connectivity index (χ0n) is 14.3. The summed E-state index contributed by atoms with van der Waals surface area (Å²) in [6.45, 7) is 1.64. The number of rotatable bonds is 7. The van der Waals surface area contributed by atoms with Crippen LogP contribution < -0.4 is 15.8 Å². The molecule has 2 rings (SSSR count). The minimum atomic E-state index is -0.565. The lowest BCUT2D eigenvalue weighted by atomic mass is 10.1. The Morgan fingerprint density at radius 2 is 1.85 bits per heavy atom. The van der Waals surface area contributed by atoms with E-state index < -0.39 is 11.8 Å². The number of benzene rings is 2. The molecule has 0 bridgehead atoms. The van der Waals surface area contributed by atoms with E-state index in [1.807, 2.05) is 43.3 Å². The van der Waals surface area contributed by atoms with Gasteiger partial charge in [-0.05, 0) is 36.3 Å². The lowest BCUT2D eigenvalue weighted by molar-refractivity contribution is -0.120. The first-order chi connectivity index (χ1) is 12.5. The van der Waals surface area contributed by atoms with Crippen molar-refractivity contribution in [1.82, 2.24) is 5.32 Å². The quantitative estimate of drug-likeness (QED) is 0.591. The first-order valence-electron chi connectivity index (χ1n) is 7.98. The number of hydrogen-bond acceptors (Lipinski definition) is 4. The fourth-order valence-corrected chi connectivity index (χ4v) is 2.23. The van der Waals surface area contributed by atoms with Gasteiger partial charge in [-0.15, -0.1) is 0 Å². The zero-order valence-corrected chi connectivity index (χ0v) is 14.3. The molecule has 0 saturated heterocycles. The summed E-state index contributed by atoms with van der Waals surface area (Å²) in [7, 11) is 0. The molecule has 1 atom stereocenters. The third kappa shape index (κ3) is 5.49. The highest BCUT2D eigenvalue weighted by atomic mass is 16.5. The SMILES string of the molecule is CC(NC(=O)/C(C#N)=C\c1ccc(OCC(N)=O)cc1)c1ccccc1. The van der Waals surface area contributed by atoms with Crippen molar-refractivity contribution in [3.63, 3.8) is 0 Å². The summed E-state index contributed by atoms with van der Waals surface area (Å²) in [6.07, 6.45) is 1.49. The predicted molar refractivity (Wildman–Crippen MR) is 97.7 cm³/mol. The molecule has 0 aliphatic carbocycles. The molecular weight excluding hydrogens is 330 g/mol. The monoisotopic (exact) mass is 349 g/mol. The third-order valence-electron chi connectivity index (χ3n) is 3.58. The van der Waals surface area contributed by atoms with Crippen LogP contribution in [0, 0.1) is 11.3 Å². The molecule has 3 N–H and O–H groups in total. The second-order valence-electron chi connectivity index (χ2n) is 5.60. The summed E-state index contributed by atoms with van der Waals surface area (Å²) in [5.74, 6) is -0.538. The van der Waals surface area contributed by atoms with E-state index >= 15 is 0 Å². The molecule has 0 heterocycles. The molecule has 2 aromatic rings. The Balaban J connectivity index is 2.05. The van der Waals surface area contributed by atoms with Crippen LogP contribution in [0.4, 0.5) is 0 Å². The molecule has 0 fully saturated rings. The first kappa shape index (κ1) is 18.7. The molecule has 132 valence electrons. The Bertz CT molecular complexity index is 837. The highest BCUT2D eigenvalue weighted by molar-refractivity contribution is 6.01. The maximum absolute atomic E-state index is 12.3. The summed E-state index contributed by atoms with van der Waals surface area (Å²) in [4.78, 5) is 23.0. The average Bonchev–Trinajstić information content (AvgIpc) is 2.65. The Labute approximate surface area is 151 Å². The number of hydrogen-bond donors (Lipinski definition) is 2. The average molecular weight is 349 g/mol. The number of carbonyl (C=O) groups is 2.